The Kier molecular flexibility index (Phi) is 10.6. The average molecular weight is 607 g/mol. The maximum absolute atomic E-state index is 12.7. The van der Waals surface area contributed by atoms with Crippen molar-refractivity contribution in [1.82, 2.24) is 14.8 Å². The van der Waals surface area contributed by atoms with E-state index in [4.69, 9.17) is 4.74 Å². The van der Waals surface area contributed by atoms with Gasteiger partial charge in [-0.2, -0.15) is 0 Å². The van der Waals surface area contributed by atoms with E-state index in [2.05, 4.69) is 33.4 Å². The Balaban J connectivity index is 1.30. The highest BCUT2D eigenvalue weighted by Gasteiger charge is 2.21. The Morgan fingerprint density at radius 2 is 1.79 bits per heavy atom. The summed E-state index contributed by atoms with van der Waals surface area (Å²) in [6.07, 6.45) is 2.77. The zero-order valence-corrected chi connectivity index (χ0v) is 26.1. The zero-order chi connectivity index (χ0) is 31.0. The molecule has 0 amide bonds. The normalized spacial score (nSPS) is 12.9. The molecule has 9 nitrogen and oxygen atoms in total. The Morgan fingerprint density at radius 3 is 2.53 bits per heavy atom. The molecule has 3 aromatic carbocycles. The second-order valence-electron chi connectivity index (χ2n) is 11.7. The van der Waals surface area contributed by atoms with E-state index in [1.165, 1.54) is 12.1 Å². The number of carbonyl (C=O) groups excluding carboxylic acids is 1. The lowest BCUT2D eigenvalue weighted by Crippen LogP contribution is -2.42. The summed E-state index contributed by atoms with van der Waals surface area (Å²) in [5.41, 5.74) is 2.29. The monoisotopic (exact) mass is 606 g/mol. The second kappa shape index (κ2) is 14.2. The Labute approximate surface area is 254 Å². The number of nitrogens with zero attached hydrogens (tertiary/aromatic N) is 2. The van der Waals surface area contributed by atoms with Gasteiger partial charge < -0.3 is 24.6 Å². The number of aromatic nitrogens is 1. The number of nitrogens with one attached hydrogen (secondary N) is 2. The lowest BCUT2D eigenvalue weighted by atomic mass is 9.99. The number of aryl methyl sites for hydroxylation is 1. The van der Waals surface area contributed by atoms with Crippen LogP contribution in [-0.2, 0) is 21.3 Å². The number of aliphatic hydroxyl groups excluding tert-OH is 1. The number of esters is 1. The molecular formula is C33H42N4O5S. The molecule has 0 saturated heterocycles. The maximum atomic E-state index is 12.7. The van der Waals surface area contributed by atoms with Crippen LogP contribution >= 0.6 is 0 Å². The number of anilines is 1. The number of benzene rings is 3. The lowest BCUT2D eigenvalue weighted by molar-refractivity contribution is 0.0493. The molecule has 230 valence electrons. The van der Waals surface area contributed by atoms with Gasteiger partial charge in [0.15, 0.2) is 0 Å². The van der Waals surface area contributed by atoms with Crippen molar-refractivity contribution >= 4 is 32.6 Å². The van der Waals surface area contributed by atoms with Crippen molar-refractivity contribution in [3.05, 3.63) is 96.2 Å². The van der Waals surface area contributed by atoms with Crippen molar-refractivity contribution in [2.24, 2.45) is 0 Å². The summed E-state index contributed by atoms with van der Waals surface area (Å²) in [6, 6.07) is 22.6. The molecule has 0 spiro atoms. The summed E-state index contributed by atoms with van der Waals surface area (Å²) in [5.74, 6) is -0.309. The summed E-state index contributed by atoms with van der Waals surface area (Å²) in [6.45, 7) is 6.47. The fraction of sp³-hybridized carbons (Fsp3) is 0.364. The number of hydrogen-bond donors (Lipinski definition) is 3. The maximum Gasteiger partial charge on any atom is 0.338 e. The number of carbonyl (C=O) groups is 1. The van der Waals surface area contributed by atoms with E-state index in [9.17, 15) is 18.3 Å². The van der Waals surface area contributed by atoms with E-state index in [-0.39, 0.29) is 16.4 Å². The predicted octanol–water partition coefficient (Wildman–Crippen LogP) is 5.04. The zero-order valence-electron chi connectivity index (χ0n) is 25.3. The van der Waals surface area contributed by atoms with Crippen molar-refractivity contribution in [2.75, 3.05) is 38.5 Å². The van der Waals surface area contributed by atoms with Crippen LogP contribution in [0.5, 0.6) is 0 Å². The Morgan fingerprint density at radius 1 is 1.02 bits per heavy atom. The van der Waals surface area contributed by atoms with Crippen LogP contribution in [0.1, 0.15) is 48.7 Å². The van der Waals surface area contributed by atoms with Gasteiger partial charge in [-0.15, -0.1) is 0 Å². The third-order valence-electron chi connectivity index (χ3n) is 7.32. The van der Waals surface area contributed by atoms with E-state index in [1.807, 2.05) is 38.5 Å². The third kappa shape index (κ3) is 9.14. The standard InChI is InChI=1S/C33H42N4O5S/c1-33(2,17-20-37-19-16-25-22-27(14-15-30(25)37)32(39)42-21-9-18-36(3)4)34-24-31(38)26-10-8-11-28(23-26)35-43(40,41)29-12-6-5-7-13-29/h5-8,10-16,19,22-23,31,34-35,38H,9,17-18,20-21,24H2,1-4H3/t31-/m0/s1. The molecule has 4 aromatic rings. The van der Waals surface area contributed by atoms with Crippen LogP contribution in [0.15, 0.2) is 90.0 Å². The lowest BCUT2D eigenvalue weighted by Gasteiger charge is -2.28. The molecule has 0 radical (unpaired) electrons. The summed E-state index contributed by atoms with van der Waals surface area (Å²) in [5, 5.41) is 15.3. The first kappa shape index (κ1) is 32.2. The van der Waals surface area contributed by atoms with Gasteiger partial charge in [0.2, 0.25) is 0 Å². The van der Waals surface area contributed by atoms with Gasteiger partial charge in [-0.05, 0) is 94.9 Å². The van der Waals surface area contributed by atoms with Crippen LogP contribution in [0.2, 0.25) is 0 Å². The van der Waals surface area contributed by atoms with E-state index in [0.717, 1.165) is 36.8 Å². The number of ether oxygens (including phenoxy) is 1. The Hall–Kier alpha value is -3.70. The van der Waals surface area contributed by atoms with Gasteiger partial charge in [0, 0.05) is 48.0 Å². The highest BCUT2D eigenvalue weighted by atomic mass is 32.2. The van der Waals surface area contributed by atoms with Gasteiger partial charge in [0.05, 0.1) is 23.2 Å². The van der Waals surface area contributed by atoms with Crippen LogP contribution < -0.4 is 10.0 Å². The SMILES string of the molecule is CN(C)CCCOC(=O)c1ccc2c(ccn2CCC(C)(C)NC[C@H](O)c2cccc(NS(=O)(=O)c3ccccc3)c2)c1. The highest BCUT2D eigenvalue weighted by Crippen LogP contribution is 2.23. The quantitative estimate of drug-likeness (QED) is 0.128. The number of fused-ring (bicyclic) bond motifs is 1. The topological polar surface area (TPSA) is 113 Å². The smallest absolute Gasteiger partial charge is 0.338 e. The molecule has 1 aromatic heterocycles. The average Bonchev–Trinajstić information content (AvgIpc) is 3.39. The van der Waals surface area contributed by atoms with Gasteiger partial charge in [0.1, 0.15) is 0 Å². The molecule has 10 heteroatoms. The first-order chi connectivity index (χ1) is 20.4. The third-order valence-corrected chi connectivity index (χ3v) is 8.72. The van der Waals surface area contributed by atoms with Crippen LogP contribution in [0.4, 0.5) is 5.69 Å². The molecule has 1 atom stereocenters. The highest BCUT2D eigenvalue weighted by molar-refractivity contribution is 7.92. The van der Waals surface area contributed by atoms with Crippen molar-refractivity contribution in [1.29, 1.82) is 0 Å². The molecule has 1 heterocycles. The number of β-amino-alcohol motifs (C(OH)–C–C–N with tert-alkyl or cyclic N) is 1. The Bertz CT molecular complexity index is 1620. The number of rotatable bonds is 15. The van der Waals surface area contributed by atoms with Crippen LogP contribution in [0.3, 0.4) is 0 Å². The van der Waals surface area contributed by atoms with E-state index < -0.39 is 16.1 Å². The van der Waals surface area contributed by atoms with E-state index >= 15 is 0 Å². The molecule has 3 N–H and O–H groups in total. The summed E-state index contributed by atoms with van der Waals surface area (Å²) in [7, 11) is 0.257. The molecule has 0 unspecified atom stereocenters. The van der Waals surface area contributed by atoms with Crippen molar-refractivity contribution in [3.63, 3.8) is 0 Å². The fourth-order valence-electron chi connectivity index (χ4n) is 4.75. The molecule has 0 fully saturated rings. The van der Waals surface area contributed by atoms with E-state index in [1.54, 1.807) is 48.5 Å². The summed E-state index contributed by atoms with van der Waals surface area (Å²) < 4.78 is 35.6. The van der Waals surface area contributed by atoms with Gasteiger partial charge in [-0.3, -0.25) is 4.72 Å². The van der Waals surface area contributed by atoms with Crippen LogP contribution in [0, 0.1) is 0 Å². The van der Waals surface area contributed by atoms with Gasteiger partial charge in [-0.1, -0.05) is 30.3 Å². The van der Waals surface area contributed by atoms with Gasteiger partial charge in [-0.25, -0.2) is 13.2 Å². The number of aliphatic hydroxyl groups is 1. The van der Waals surface area contributed by atoms with E-state index in [0.29, 0.717) is 30.0 Å². The molecule has 4 rings (SSSR count). The van der Waals surface area contributed by atoms with Gasteiger partial charge in [0.25, 0.3) is 10.0 Å². The van der Waals surface area contributed by atoms with Crippen molar-refractivity contribution in [2.45, 2.75) is 49.8 Å². The van der Waals surface area contributed by atoms with Crippen molar-refractivity contribution < 1.29 is 23.1 Å². The largest absolute Gasteiger partial charge is 0.462 e. The van der Waals surface area contributed by atoms with Crippen LogP contribution in [0.25, 0.3) is 10.9 Å². The molecule has 43 heavy (non-hydrogen) atoms. The second-order valence-corrected chi connectivity index (χ2v) is 13.3. The summed E-state index contributed by atoms with van der Waals surface area (Å²) >= 11 is 0. The van der Waals surface area contributed by atoms with Crippen molar-refractivity contribution in [3.8, 4) is 0 Å². The molecule has 0 bridgehead atoms. The van der Waals surface area contributed by atoms with Gasteiger partial charge >= 0.3 is 5.97 Å². The minimum atomic E-state index is -3.72. The van der Waals surface area contributed by atoms with Crippen LogP contribution in [-0.4, -0.2) is 68.3 Å². The molecule has 0 saturated carbocycles. The summed E-state index contributed by atoms with van der Waals surface area (Å²) in [4.78, 5) is 14.7. The minimum absolute atomic E-state index is 0.175. The minimum Gasteiger partial charge on any atom is -0.462 e. The first-order valence-corrected chi connectivity index (χ1v) is 15.9. The molecule has 0 aliphatic rings. The predicted molar refractivity (Wildman–Crippen MR) is 171 cm³/mol. The first-order valence-electron chi connectivity index (χ1n) is 14.5. The number of hydrogen-bond acceptors (Lipinski definition) is 7. The molecular weight excluding hydrogens is 564 g/mol. The molecule has 0 aliphatic carbocycles. The molecule has 0 aliphatic heterocycles. The number of sulfonamides is 1. The fourth-order valence-corrected chi connectivity index (χ4v) is 5.82.